The molecule has 0 saturated heterocycles. The molecule has 0 atom stereocenters. The molecule has 20 heavy (non-hydrogen) atoms. The third kappa shape index (κ3) is 2.52. The summed E-state index contributed by atoms with van der Waals surface area (Å²) in [6.45, 7) is 9.87. The third-order valence-corrected chi connectivity index (χ3v) is 4.56. The number of rotatable bonds is 4. The number of Topliss-reactive ketones (excluding diaryl/α,β-unsaturated/α-hetero) is 1. The molecule has 0 N–H and O–H groups in total. The van der Waals surface area contributed by atoms with Crippen molar-refractivity contribution in [2.75, 3.05) is 11.4 Å². The van der Waals surface area contributed by atoms with Crippen LogP contribution in [0.5, 0.6) is 0 Å². The van der Waals surface area contributed by atoms with E-state index < -0.39 is 4.75 Å². The van der Waals surface area contributed by atoms with Gasteiger partial charge in [-0.1, -0.05) is 13.0 Å². The van der Waals surface area contributed by atoms with Gasteiger partial charge in [-0.05, 0) is 32.0 Å². The van der Waals surface area contributed by atoms with Crippen molar-refractivity contribution in [1.82, 2.24) is 0 Å². The number of hydrogen-bond donors (Lipinski definition) is 0. The maximum Gasteiger partial charge on any atom is 0.243 e. The molecule has 2 rings (SSSR count). The molecule has 4 heteroatoms. The number of nitrogens with zero attached hydrogens (tertiary/aromatic N) is 1. The minimum absolute atomic E-state index is 0.0736. The minimum Gasteiger partial charge on any atom is -0.306 e. The van der Waals surface area contributed by atoms with Crippen LogP contribution in [0.4, 0.5) is 5.69 Å². The highest BCUT2D eigenvalue weighted by molar-refractivity contribution is 8.01. The Morgan fingerprint density at radius 3 is 2.75 bits per heavy atom. The van der Waals surface area contributed by atoms with E-state index in [1.54, 1.807) is 17.0 Å². The van der Waals surface area contributed by atoms with Gasteiger partial charge in [0.1, 0.15) is 0 Å². The molecule has 0 spiro atoms. The predicted molar refractivity (Wildman–Crippen MR) is 83.5 cm³/mol. The minimum atomic E-state index is -0.524. The molecule has 1 heterocycles. The average Bonchev–Trinajstić information content (AvgIpc) is 2.42. The topological polar surface area (TPSA) is 37.4 Å². The lowest BCUT2D eigenvalue weighted by Gasteiger charge is -2.37. The molecular weight excluding hydrogens is 270 g/mol. The Kier molecular flexibility index (Phi) is 4.04. The molecule has 0 fully saturated rings. The fourth-order valence-electron chi connectivity index (χ4n) is 2.26. The first-order chi connectivity index (χ1) is 9.40. The second kappa shape index (κ2) is 5.44. The van der Waals surface area contributed by atoms with Crippen LogP contribution < -0.4 is 4.90 Å². The number of amides is 1. The van der Waals surface area contributed by atoms with E-state index >= 15 is 0 Å². The molecular formula is C16H19NO2S. The van der Waals surface area contributed by atoms with Gasteiger partial charge in [-0.15, -0.1) is 18.3 Å². The fraction of sp³-hybridized carbons (Fsp3) is 0.375. The lowest BCUT2D eigenvalue weighted by Crippen LogP contribution is -2.46. The van der Waals surface area contributed by atoms with Crippen molar-refractivity contribution >= 4 is 29.1 Å². The average molecular weight is 289 g/mol. The van der Waals surface area contributed by atoms with E-state index in [1.807, 2.05) is 32.9 Å². The summed E-state index contributed by atoms with van der Waals surface area (Å²) < 4.78 is -0.524. The number of carbonyl (C=O) groups excluding carboxylic acids is 2. The fourth-order valence-corrected chi connectivity index (χ4v) is 3.48. The molecule has 1 aliphatic heterocycles. The third-order valence-electron chi connectivity index (χ3n) is 3.33. The van der Waals surface area contributed by atoms with Crippen molar-refractivity contribution in [2.45, 2.75) is 36.8 Å². The Balaban J connectivity index is 2.51. The summed E-state index contributed by atoms with van der Waals surface area (Å²) in [4.78, 5) is 27.0. The molecule has 0 aromatic heterocycles. The summed E-state index contributed by atoms with van der Waals surface area (Å²) in [5.41, 5.74) is 1.58. The highest BCUT2D eigenvalue weighted by Gasteiger charge is 2.39. The molecule has 3 nitrogen and oxygen atoms in total. The van der Waals surface area contributed by atoms with Gasteiger partial charge in [-0.2, -0.15) is 0 Å². The van der Waals surface area contributed by atoms with Gasteiger partial charge in [0, 0.05) is 23.4 Å². The van der Waals surface area contributed by atoms with Gasteiger partial charge in [0.2, 0.25) is 5.91 Å². The summed E-state index contributed by atoms with van der Waals surface area (Å²) in [6.07, 6.45) is 2.21. The van der Waals surface area contributed by atoms with Crippen molar-refractivity contribution in [3.05, 3.63) is 36.4 Å². The van der Waals surface area contributed by atoms with E-state index in [-0.39, 0.29) is 11.7 Å². The van der Waals surface area contributed by atoms with Crippen LogP contribution in [-0.2, 0) is 4.79 Å². The Bertz CT molecular complexity index is 578. The van der Waals surface area contributed by atoms with Crippen LogP contribution in [-0.4, -0.2) is 23.0 Å². The molecule has 1 aromatic rings. The van der Waals surface area contributed by atoms with Crippen LogP contribution >= 0.6 is 11.8 Å². The first kappa shape index (κ1) is 14.9. The van der Waals surface area contributed by atoms with Crippen LogP contribution in [0, 0.1) is 0 Å². The first-order valence-electron chi connectivity index (χ1n) is 6.70. The molecule has 1 aliphatic rings. The van der Waals surface area contributed by atoms with Gasteiger partial charge in [-0.25, -0.2) is 0 Å². The lowest BCUT2D eigenvalue weighted by atomic mass is 10.1. The van der Waals surface area contributed by atoms with Gasteiger partial charge in [0.15, 0.2) is 5.78 Å². The van der Waals surface area contributed by atoms with E-state index in [1.165, 1.54) is 11.8 Å². The number of fused-ring (bicyclic) bond motifs is 1. The Morgan fingerprint density at radius 1 is 1.45 bits per heavy atom. The SMILES string of the molecule is C=CCN1C(=O)C(C)(C)Sc2cc(C(=O)CC)ccc21. The Hall–Kier alpha value is -1.55. The number of carbonyl (C=O) groups is 2. The van der Waals surface area contributed by atoms with Crippen molar-refractivity contribution in [3.8, 4) is 0 Å². The quantitative estimate of drug-likeness (QED) is 0.627. The van der Waals surface area contributed by atoms with Crippen LogP contribution in [0.25, 0.3) is 0 Å². The molecule has 0 radical (unpaired) electrons. The molecule has 0 aliphatic carbocycles. The molecule has 0 bridgehead atoms. The van der Waals surface area contributed by atoms with E-state index in [2.05, 4.69) is 6.58 Å². The zero-order chi connectivity index (χ0) is 14.9. The number of benzene rings is 1. The van der Waals surface area contributed by atoms with Gasteiger partial charge < -0.3 is 4.90 Å². The largest absolute Gasteiger partial charge is 0.306 e. The number of thioether (sulfide) groups is 1. The summed E-state index contributed by atoms with van der Waals surface area (Å²) in [6, 6.07) is 5.56. The van der Waals surface area contributed by atoms with Gasteiger partial charge in [-0.3, -0.25) is 9.59 Å². The zero-order valence-electron chi connectivity index (χ0n) is 12.1. The van der Waals surface area contributed by atoms with Crippen LogP contribution in [0.2, 0.25) is 0 Å². The molecule has 1 amide bonds. The second-order valence-electron chi connectivity index (χ2n) is 5.28. The zero-order valence-corrected chi connectivity index (χ0v) is 12.9. The monoisotopic (exact) mass is 289 g/mol. The summed E-state index contributed by atoms with van der Waals surface area (Å²) in [5.74, 6) is 0.197. The summed E-state index contributed by atoms with van der Waals surface area (Å²) in [5, 5.41) is 0. The highest BCUT2D eigenvalue weighted by Crippen LogP contribution is 2.45. The maximum absolute atomic E-state index is 12.5. The van der Waals surface area contributed by atoms with Crippen molar-refractivity contribution in [2.24, 2.45) is 0 Å². The summed E-state index contributed by atoms with van der Waals surface area (Å²) >= 11 is 1.52. The Morgan fingerprint density at radius 2 is 2.15 bits per heavy atom. The molecule has 106 valence electrons. The predicted octanol–water partition coefficient (Wildman–Crippen LogP) is 3.68. The van der Waals surface area contributed by atoms with Gasteiger partial charge in [0.05, 0.1) is 10.4 Å². The van der Waals surface area contributed by atoms with Crippen LogP contribution in [0.15, 0.2) is 35.7 Å². The van der Waals surface area contributed by atoms with Crippen molar-refractivity contribution in [3.63, 3.8) is 0 Å². The normalized spacial score (nSPS) is 16.8. The lowest BCUT2D eigenvalue weighted by molar-refractivity contribution is -0.120. The molecule has 1 aromatic carbocycles. The van der Waals surface area contributed by atoms with E-state index in [4.69, 9.17) is 0 Å². The smallest absolute Gasteiger partial charge is 0.243 e. The van der Waals surface area contributed by atoms with E-state index in [0.717, 1.165) is 10.6 Å². The van der Waals surface area contributed by atoms with Crippen molar-refractivity contribution in [1.29, 1.82) is 0 Å². The standard InChI is InChI=1S/C16H19NO2S/c1-5-9-17-12-8-7-11(13(18)6-2)10-14(12)20-16(3,4)15(17)19/h5,7-8,10H,1,6,9H2,2-4H3. The van der Waals surface area contributed by atoms with Crippen molar-refractivity contribution < 1.29 is 9.59 Å². The highest BCUT2D eigenvalue weighted by atomic mass is 32.2. The van der Waals surface area contributed by atoms with Gasteiger partial charge >= 0.3 is 0 Å². The van der Waals surface area contributed by atoms with E-state index in [9.17, 15) is 9.59 Å². The second-order valence-corrected chi connectivity index (χ2v) is 6.94. The molecule has 0 unspecified atom stereocenters. The number of hydrogen-bond acceptors (Lipinski definition) is 3. The van der Waals surface area contributed by atoms with E-state index in [0.29, 0.717) is 18.5 Å². The molecule has 0 saturated carbocycles. The maximum atomic E-state index is 12.5. The van der Waals surface area contributed by atoms with Crippen LogP contribution in [0.3, 0.4) is 0 Å². The van der Waals surface area contributed by atoms with Gasteiger partial charge in [0.25, 0.3) is 0 Å². The summed E-state index contributed by atoms with van der Waals surface area (Å²) in [7, 11) is 0. The Labute approximate surface area is 124 Å². The van der Waals surface area contributed by atoms with Crippen LogP contribution in [0.1, 0.15) is 37.6 Å². The number of ketones is 1. The number of anilines is 1. The first-order valence-corrected chi connectivity index (χ1v) is 7.51.